The molecule has 1 amide bonds. The summed E-state index contributed by atoms with van der Waals surface area (Å²) < 4.78 is 10.9. The van der Waals surface area contributed by atoms with Gasteiger partial charge in [0.25, 0.3) is 5.91 Å². The molecule has 0 aromatic heterocycles. The highest BCUT2D eigenvalue weighted by atomic mass is 35.5. The summed E-state index contributed by atoms with van der Waals surface area (Å²) in [5, 5.41) is 10.5. The van der Waals surface area contributed by atoms with E-state index in [1.165, 1.54) is 12.1 Å². The monoisotopic (exact) mass is 415 g/mol. The van der Waals surface area contributed by atoms with Crippen molar-refractivity contribution in [2.45, 2.75) is 32.3 Å². The van der Waals surface area contributed by atoms with Crippen molar-refractivity contribution in [1.82, 2.24) is 0 Å². The Kier molecular flexibility index (Phi) is 6.39. The molecule has 0 spiro atoms. The van der Waals surface area contributed by atoms with E-state index in [2.05, 4.69) is 5.32 Å². The zero-order valence-electron chi connectivity index (χ0n) is 16.0. The number of aryl methyl sites for hydroxylation is 1. The molecule has 1 aliphatic heterocycles. The average molecular weight is 416 g/mol. The predicted octanol–water partition coefficient (Wildman–Crippen LogP) is 3.52. The van der Waals surface area contributed by atoms with E-state index < -0.39 is 0 Å². The van der Waals surface area contributed by atoms with Crippen LogP contribution in [0.3, 0.4) is 0 Å². The van der Waals surface area contributed by atoms with Crippen LogP contribution in [0.4, 0.5) is 5.69 Å². The lowest BCUT2D eigenvalue weighted by Gasteiger charge is -2.26. The van der Waals surface area contributed by atoms with E-state index in [-0.39, 0.29) is 35.3 Å². The van der Waals surface area contributed by atoms with Crippen LogP contribution in [0.15, 0.2) is 36.4 Å². The van der Waals surface area contributed by atoms with Gasteiger partial charge >= 0.3 is 5.97 Å². The minimum absolute atomic E-state index is 0.116. The Morgan fingerprint density at radius 3 is 2.79 bits per heavy atom. The molecule has 2 aromatic rings. The highest BCUT2D eigenvalue weighted by Crippen LogP contribution is 2.31. The summed E-state index contributed by atoms with van der Waals surface area (Å²) in [6, 6.07) is 9.97. The first-order valence-corrected chi connectivity index (χ1v) is 9.65. The number of nitrogens with one attached hydrogen (secondary N) is 2. The minimum Gasteiger partial charge on any atom is -0.490 e. The first-order chi connectivity index (χ1) is 13.9. The van der Waals surface area contributed by atoms with E-state index in [4.69, 9.17) is 32.2 Å². The van der Waals surface area contributed by atoms with Gasteiger partial charge in [-0.15, -0.1) is 0 Å². The lowest BCUT2D eigenvalue weighted by Crippen LogP contribution is -2.26. The van der Waals surface area contributed by atoms with Crippen LogP contribution in [0.5, 0.6) is 5.75 Å². The maximum Gasteiger partial charge on any atom is 0.309 e. The molecular weight excluding hydrogens is 394 g/mol. The second kappa shape index (κ2) is 8.96. The van der Waals surface area contributed by atoms with Crippen LogP contribution in [0.2, 0.25) is 5.02 Å². The number of benzene rings is 2. The number of anilines is 1. The number of fused-ring (bicyclic) bond motifs is 1. The lowest BCUT2D eigenvalue weighted by molar-refractivity contribution is -0.145. The summed E-state index contributed by atoms with van der Waals surface area (Å²) in [4.78, 5) is 24.2. The second-order valence-corrected chi connectivity index (χ2v) is 7.08. The number of carbonyl (C=O) groups is 2. The molecule has 1 unspecified atom stereocenters. The number of amides is 1. The molecule has 0 radical (unpaired) electrons. The van der Waals surface area contributed by atoms with Crippen LogP contribution in [0.25, 0.3) is 0 Å². The fraction of sp³-hybridized carbons (Fsp3) is 0.286. The summed E-state index contributed by atoms with van der Waals surface area (Å²) in [6.45, 7) is 2.13. The largest absolute Gasteiger partial charge is 0.490 e. The SMILES string of the molecule is CCOC(=O)CC1CCc2cc(NC(=O)c3ccc(C(=N)N)cc3Cl)ccc2O1. The van der Waals surface area contributed by atoms with Gasteiger partial charge in [-0.05, 0) is 55.7 Å². The third-order valence-corrected chi connectivity index (χ3v) is 4.88. The Hall–Kier alpha value is -3.06. The molecule has 29 heavy (non-hydrogen) atoms. The molecule has 2 aromatic carbocycles. The second-order valence-electron chi connectivity index (χ2n) is 6.67. The van der Waals surface area contributed by atoms with Crippen LogP contribution in [-0.4, -0.2) is 30.4 Å². The van der Waals surface area contributed by atoms with Crippen LogP contribution >= 0.6 is 11.6 Å². The van der Waals surface area contributed by atoms with Crippen LogP contribution in [-0.2, 0) is 16.0 Å². The Morgan fingerprint density at radius 2 is 2.10 bits per heavy atom. The number of hydrogen-bond acceptors (Lipinski definition) is 5. The van der Waals surface area contributed by atoms with Crippen molar-refractivity contribution in [3.63, 3.8) is 0 Å². The molecule has 1 heterocycles. The highest BCUT2D eigenvalue weighted by Gasteiger charge is 2.23. The Balaban J connectivity index is 1.67. The summed E-state index contributed by atoms with van der Waals surface area (Å²) in [6.07, 6.45) is 1.44. The topological polar surface area (TPSA) is 114 Å². The van der Waals surface area contributed by atoms with Crippen LogP contribution < -0.4 is 15.8 Å². The number of ether oxygens (including phenoxy) is 2. The fourth-order valence-electron chi connectivity index (χ4n) is 3.14. The average Bonchev–Trinajstić information content (AvgIpc) is 2.68. The minimum atomic E-state index is -0.359. The lowest BCUT2D eigenvalue weighted by atomic mass is 10.00. The summed E-state index contributed by atoms with van der Waals surface area (Å²) in [5.74, 6) is -0.0401. The molecule has 4 N–H and O–H groups in total. The van der Waals surface area contributed by atoms with Gasteiger partial charge in [0.1, 0.15) is 17.7 Å². The molecule has 0 saturated heterocycles. The molecule has 152 valence electrons. The molecule has 1 atom stereocenters. The van der Waals surface area contributed by atoms with Gasteiger partial charge in [-0.25, -0.2) is 0 Å². The number of nitrogens with two attached hydrogens (primary N) is 1. The molecule has 0 saturated carbocycles. The third-order valence-electron chi connectivity index (χ3n) is 4.57. The van der Waals surface area contributed by atoms with Crippen molar-refractivity contribution in [3.05, 3.63) is 58.1 Å². The van der Waals surface area contributed by atoms with Crippen molar-refractivity contribution in [2.75, 3.05) is 11.9 Å². The van der Waals surface area contributed by atoms with Gasteiger partial charge in [-0.2, -0.15) is 0 Å². The van der Waals surface area contributed by atoms with Gasteiger partial charge in [0, 0.05) is 11.3 Å². The number of amidine groups is 1. The molecule has 0 aliphatic carbocycles. The zero-order valence-corrected chi connectivity index (χ0v) is 16.7. The molecule has 0 bridgehead atoms. The van der Waals surface area contributed by atoms with Gasteiger partial charge < -0.3 is 20.5 Å². The van der Waals surface area contributed by atoms with E-state index in [0.29, 0.717) is 35.6 Å². The Labute approximate surface area is 173 Å². The van der Waals surface area contributed by atoms with Gasteiger partial charge in [0.2, 0.25) is 0 Å². The quantitative estimate of drug-likeness (QED) is 0.379. The van der Waals surface area contributed by atoms with Crippen molar-refractivity contribution in [3.8, 4) is 5.75 Å². The van der Waals surface area contributed by atoms with Crippen molar-refractivity contribution >= 4 is 35.0 Å². The smallest absolute Gasteiger partial charge is 0.309 e. The number of rotatable bonds is 6. The Morgan fingerprint density at radius 1 is 1.31 bits per heavy atom. The van der Waals surface area contributed by atoms with Crippen LogP contribution in [0.1, 0.15) is 41.3 Å². The van der Waals surface area contributed by atoms with Crippen molar-refractivity contribution in [1.29, 1.82) is 5.41 Å². The van der Waals surface area contributed by atoms with E-state index in [0.717, 1.165) is 12.0 Å². The number of halogens is 1. The zero-order chi connectivity index (χ0) is 21.0. The maximum atomic E-state index is 12.6. The fourth-order valence-corrected chi connectivity index (χ4v) is 3.40. The number of nitrogen functional groups attached to an aromatic ring is 1. The normalized spacial score (nSPS) is 15.0. The summed E-state index contributed by atoms with van der Waals surface area (Å²) in [5.41, 5.74) is 7.76. The summed E-state index contributed by atoms with van der Waals surface area (Å²) in [7, 11) is 0. The molecule has 1 aliphatic rings. The highest BCUT2D eigenvalue weighted by molar-refractivity contribution is 6.34. The van der Waals surface area contributed by atoms with E-state index in [1.54, 1.807) is 25.1 Å². The van der Waals surface area contributed by atoms with Gasteiger partial charge in [0.15, 0.2) is 0 Å². The molecule has 3 rings (SSSR count). The molecular formula is C21H22ClN3O4. The van der Waals surface area contributed by atoms with E-state index in [1.807, 2.05) is 6.07 Å². The number of esters is 1. The van der Waals surface area contributed by atoms with E-state index >= 15 is 0 Å². The van der Waals surface area contributed by atoms with Gasteiger partial charge in [-0.1, -0.05) is 17.7 Å². The van der Waals surface area contributed by atoms with Crippen LogP contribution in [0, 0.1) is 5.41 Å². The Bertz CT molecular complexity index is 961. The van der Waals surface area contributed by atoms with Gasteiger partial charge in [0.05, 0.1) is 23.6 Å². The first kappa shape index (κ1) is 20.7. The number of carbonyl (C=O) groups excluding carboxylic acids is 2. The molecule has 8 heteroatoms. The first-order valence-electron chi connectivity index (χ1n) is 9.28. The third kappa shape index (κ3) is 5.06. The van der Waals surface area contributed by atoms with E-state index in [9.17, 15) is 9.59 Å². The standard InChI is InChI=1S/C21H22ClN3O4/c1-2-28-19(26)11-15-6-3-12-9-14(5-8-18(12)29-15)25-21(27)16-7-4-13(20(23)24)10-17(16)22/h4-5,7-10,15H,2-3,6,11H2,1H3,(H3,23,24)(H,25,27). The number of hydrogen-bond donors (Lipinski definition) is 3. The molecule has 0 fully saturated rings. The molecule has 7 nitrogen and oxygen atoms in total. The van der Waals surface area contributed by atoms with Crippen molar-refractivity contribution < 1.29 is 19.1 Å². The van der Waals surface area contributed by atoms with Crippen molar-refractivity contribution in [2.24, 2.45) is 5.73 Å². The maximum absolute atomic E-state index is 12.6. The predicted molar refractivity (Wildman–Crippen MR) is 111 cm³/mol. The summed E-state index contributed by atoms with van der Waals surface area (Å²) >= 11 is 6.16. The van der Waals surface area contributed by atoms with Gasteiger partial charge in [-0.3, -0.25) is 15.0 Å².